The molecule has 20 heavy (non-hydrogen) atoms. The van der Waals surface area contributed by atoms with Gasteiger partial charge in [0.25, 0.3) is 0 Å². The van der Waals surface area contributed by atoms with Crippen LogP contribution in [-0.4, -0.2) is 20.4 Å². The van der Waals surface area contributed by atoms with Gasteiger partial charge in [-0.25, -0.2) is 0 Å². The summed E-state index contributed by atoms with van der Waals surface area (Å²) in [5.74, 6) is 0. The monoisotopic (exact) mass is 418 g/mol. The highest BCUT2D eigenvalue weighted by Crippen LogP contribution is 2.35. The minimum atomic E-state index is -0.0291. The van der Waals surface area contributed by atoms with Gasteiger partial charge in [0.1, 0.15) is 5.15 Å². The lowest BCUT2D eigenvalue weighted by Crippen LogP contribution is -2.33. The highest BCUT2D eigenvalue weighted by Gasteiger charge is 2.32. The fourth-order valence-electron chi connectivity index (χ4n) is 2.39. The summed E-state index contributed by atoms with van der Waals surface area (Å²) in [5, 5.41) is 6.86. The molecule has 5 heteroatoms. The van der Waals surface area contributed by atoms with Crippen LogP contribution in [0.5, 0.6) is 0 Å². The molecule has 2 nitrogen and oxygen atoms in total. The number of halogens is 3. The average Bonchev–Trinajstić information content (AvgIpc) is 2.71. The van der Waals surface area contributed by atoms with E-state index in [0.29, 0.717) is 0 Å². The predicted octanol–water partition coefficient (Wildman–Crippen LogP) is 4.65. The molecule has 2 aromatic rings. The lowest BCUT2D eigenvalue weighted by atomic mass is 9.79. The molecule has 2 rings (SSSR count). The van der Waals surface area contributed by atoms with E-state index in [0.717, 1.165) is 33.5 Å². The smallest absolute Gasteiger partial charge is 0.130 e. The second kappa shape index (κ2) is 6.63. The molecular weight excluding hydrogens is 403 g/mol. The van der Waals surface area contributed by atoms with E-state index in [-0.39, 0.29) is 5.41 Å². The van der Waals surface area contributed by atoms with Crippen LogP contribution in [0.3, 0.4) is 0 Å². The molecule has 1 heterocycles. The van der Waals surface area contributed by atoms with Gasteiger partial charge in [0, 0.05) is 28.7 Å². The third-order valence-electron chi connectivity index (χ3n) is 3.68. The number of rotatable bonds is 5. The zero-order valence-corrected chi connectivity index (χ0v) is 15.5. The quantitative estimate of drug-likeness (QED) is 0.644. The van der Waals surface area contributed by atoms with E-state index in [1.54, 1.807) is 4.68 Å². The highest BCUT2D eigenvalue weighted by molar-refractivity contribution is 9.09. The fourth-order valence-corrected chi connectivity index (χ4v) is 4.61. The van der Waals surface area contributed by atoms with E-state index in [9.17, 15) is 0 Å². The van der Waals surface area contributed by atoms with Crippen LogP contribution in [0.25, 0.3) is 0 Å². The van der Waals surface area contributed by atoms with Crippen LogP contribution in [0.2, 0.25) is 5.15 Å². The third-order valence-corrected chi connectivity index (χ3v) is 6.30. The lowest BCUT2D eigenvalue weighted by molar-refractivity contribution is 0.549. The Kier molecular flexibility index (Phi) is 5.32. The van der Waals surface area contributed by atoms with Crippen molar-refractivity contribution in [2.24, 2.45) is 7.05 Å². The Hall–Kier alpha value is -0.320. The molecule has 0 bridgehead atoms. The van der Waals surface area contributed by atoms with E-state index in [4.69, 9.17) is 11.6 Å². The molecule has 0 fully saturated rings. The SMILES string of the molecule is Cc1nn(C)c(Cl)c1CC(CBr)(CBr)c1ccccc1. The van der Waals surface area contributed by atoms with E-state index in [1.807, 2.05) is 20.0 Å². The zero-order valence-electron chi connectivity index (χ0n) is 11.5. The summed E-state index contributed by atoms with van der Waals surface area (Å²) in [6.07, 6.45) is 0.853. The van der Waals surface area contributed by atoms with E-state index in [1.165, 1.54) is 5.56 Å². The molecule has 0 unspecified atom stereocenters. The van der Waals surface area contributed by atoms with Gasteiger partial charge in [0.05, 0.1) is 5.69 Å². The molecule has 0 N–H and O–H groups in total. The Morgan fingerprint density at radius 1 is 1.20 bits per heavy atom. The third kappa shape index (κ3) is 2.97. The van der Waals surface area contributed by atoms with Crippen molar-refractivity contribution in [1.29, 1.82) is 0 Å². The van der Waals surface area contributed by atoms with Gasteiger partial charge in [-0.2, -0.15) is 5.10 Å². The summed E-state index contributed by atoms with van der Waals surface area (Å²) < 4.78 is 1.74. The van der Waals surface area contributed by atoms with Crippen LogP contribution < -0.4 is 0 Å². The summed E-state index contributed by atoms with van der Waals surface area (Å²) in [6.45, 7) is 2.01. The molecule has 1 aromatic carbocycles. The van der Waals surface area contributed by atoms with E-state index >= 15 is 0 Å². The number of aryl methyl sites for hydroxylation is 2. The van der Waals surface area contributed by atoms with Gasteiger partial charge in [-0.3, -0.25) is 4.68 Å². The molecule has 0 amide bonds. The molecule has 0 aliphatic rings. The van der Waals surface area contributed by atoms with Crippen LogP contribution in [0.1, 0.15) is 16.8 Å². The van der Waals surface area contributed by atoms with E-state index < -0.39 is 0 Å². The zero-order chi connectivity index (χ0) is 14.8. The Labute approximate surface area is 141 Å². The molecule has 0 saturated heterocycles. The van der Waals surface area contributed by atoms with Crippen molar-refractivity contribution >= 4 is 43.5 Å². The molecule has 108 valence electrons. The van der Waals surface area contributed by atoms with Gasteiger partial charge < -0.3 is 0 Å². The number of hydrogen-bond acceptors (Lipinski definition) is 1. The lowest BCUT2D eigenvalue weighted by Gasteiger charge is -2.31. The summed E-state index contributed by atoms with van der Waals surface area (Å²) in [6, 6.07) is 10.5. The second-order valence-corrected chi connectivity index (χ2v) is 6.55. The minimum absolute atomic E-state index is 0.0291. The summed E-state index contributed by atoms with van der Waals surface area (Å²) in [4.78, 5) is 0. The maximum absolute atomic E-state index is 6.39. The van der Waals surface area contributed by atoms with Crippen LogP contribution in [0.15, 0.2) is 30.3 Å². The number of aromatic nitrogens is 2. The number of benzene rings is 1. The van der Waals surface area contributed by atoms with Crippen molar-refractivity contribution in [2.75, 3.05) is 10.7 Å². The number of nitrogens with zero attached hydrogens (tertiary/aromatic N) is 2. The molecule has 0 saturated carbocycles. The van der Waals surface area contributed by atoms with Crippen LogP contribution in [0, 0.1) is 6.92 Å². The number of hydrogen-bond donors (Lipinski definition) is 0. The number of alkyl halides is 2. The van der Waals surface area contributed by atoms with Crippen molar-refractivity contribution in [3.63, 3.8) is 0 Å². The molecular formula is C15H17Br2ClN2. The molecule has 0 aliphatic heterocycles. The highest BCUT2D eigenvalue weighted by atomic mass is 79.9. The topological polar surface area (TPSA) is 17.8 Å². The second-order valence-electron chi connectivity index (χ2n) is 5.07. The first-order valence-electron chi connectivity index (χ1n) is 6.39. The molecule has 1 aromatic heterocycles. The fraction of sp³-hybridized carbons (Fsp3) is 0.400. The van der Waals surface area contributed by atoms with Crippen molar-refractivity contribution in [2.45, 2.75) is 18.8 Å². The predicted molar refractivity (Wildman–Crippen MR) is 92.4 cm³/mol. The van der Waals surface area contributed by atoms with Crippen molar-refractivity contribution in [3.8, 4) is 0 Å². The minimum Gasteiger partial charge on any atom is -0.257 e. The maximum atomic E-state index is 6.39. The Balaban J connectivity index is 2.45. The van der Waals surface area contributed by atoms with Gasteiger partial charge in [0.15, 0.2) is 0 Å². The molecule has 0 atom stereocenters. The molecule has 0 spiro atoms. The van der Waals surface area contributed by atoms with Gasteiger partial charge in [0.2, 0.25) is 0 Å². The van der Waals surface area contributed by atoms with E-state index in [2.05, 4.69) is 61.2 Å². The van der Waals surface area contributed by atoms with Crippen LogP contribution in [-0.2, 0) is 18.9 Å². The molecule has 0 aliphatic carbocycles. The van der Waals surface area contributed by atoms with Gasteiger partial charge >= 0.3 is 0 Å². The molecule has 0 radical (unpaired) electrons. The summed E-state index contributed by atoms with van der Waals surface area (Å²) in [7, 11) is 1.88. The van der Waals surface area contributed by atoms with Gasteiger partial charge in [-0.1, -0.05) is 73.8 Å². The van der Waals surface area contributed by atoms with Crippen molar-refractivity contribution < 1.29 is 0 Å². The van der Waals surface area contributed by atoms with Crippen LogP contribution in [0.4, 0.5) is 0 Å². The Morgan fingerprint density at radius 2 is 1.80 bits per heavy atom. The van der Waals surface area contributed by atoms with Gasteiger partial charge in [-0.05, 0) is 18.9 Å². The normalized spacial score (nSPS) is 11.8. The first-order valence-corrected chi connectivity index (χ1v) is 9.01. The Morgan fingerprint density at radius 3 is 2.25 bits per heavy atom. The largest absolute Gasteiger partial charge is 0.257 e. The van der Waals surface area contributed by atoms with Crippen LogP contribution >= 0.6 is 43.5 Å². The standard InChI is InChI=1S/C15H17Br2ClN2/c1-11-13(14(18)20(2)19-11)8-15(9-16,10-17)12-6-4-3-5-7-12/h3-7H,8-10H2,1-2H3. The van der Waals surface area contributed by atoms with Crippen molar-refractivity contribution in [3.05, 3.63) is 52.3 Å². The van der Waals surface area contributed by atoms with Gasteiger partial charge in [-0.15, -0.1) is 0 Å². The average molecular weight is 421 g/mol. The first-order chi connectivity index (χ1) is 9.54. The Bertz CT molecular complexity index is 577. The van der Waals surface area contributed by atoms with Crippen molar-refractivity contribution in [1.82, 2.24) is 9.78 Å². The maximum Gasteiger partial charge on any atom is 0.130 e. The first kappa shape index (κ1) is 16.1. The summed E-state index contributed by atoms with van der Waals surface area (Å²) in [5.41, 5.74) is 3.39. The summed E-state index contributed by atoms with van der Waals surface area (Å²) >= 11 is 13.8.